The van der Waals surface area contributed by atoms with E-state index in [1.807, 2.05) is 12.1 Å². The molecule has 19 heavy (non-hydrogen) atoms. The van der Waals surface area contributed by atoms with Crippen molar-refractivity contribution < 1.29 is 9.53 Å². The maximum Gasteiger partial charge on any atom is 0.186 e. The fraction of sp³-hybridized carbons (Fsp3) is 0.188. The minimum absolute atomic E-state index is 0.104. The van der Waals surface area contributed by atoms with Gasteiger partial charge in [0.2, 0.25) is 0 Å². The second-order valence-corrected chi connectivity index (χ2v) is 4.99. The number of ether oxygens (including phenoxy) is 1. The van der Waals surface area contributed by atoms with Crippen molar-refractivity contribution >= 4 is 22.2 Å². The molecular weight excluding hydrogens is 238 g/mol. The smallest absolute Gasteiger partial charge is 0.186 e. The lowest BCUT2D eigenvalue weighted by molar-refractivity contribution is -0.120. The van der Waals surface area contributed by atoms with Crippen LogP contribution in [0.1, 0.15) is 5.56 Å². The van der Waals surface area contributed by atoms with Gasteiger partial charge in [-0.3, -0.25) is 4.79 Å². The summed E-state index contributed by atoms with van der Waals surface area (Å²) in [6, 6.07) is 12.5. The highest BCUT2D eigenvalue weighted by molar-refractivity contribution is 6.02. The largest absolute Gasteiger partial charge is 0.367 e. The molecule has 2 heterocycles. The molecule has 0 radical (unpaired) electrons. The summed E-state index contributed by atoms with van der Waals surface area (Å²) in [4.78, 5) is 12.0. The fourth-order valence-corrected chi connectivity index (χ4v) is 2.89. The molecule has 2 aliphatic heterocycles. The Morgan fingerprint density at radius 3 is 2.89 bits per heavy atom. The number of hydrogen-bond donors (Lipinski definition) is 1. The molecule has 0 saturated carbocycles. The molecule has 0 unspecified atom stereocenters. The Labute approximate surface area is 110 Å². The predicted molar refractivity (Wildman–Crippen MR) is 74.1 cm³/mol. The van der Waals surface area contributed by atoms with Gasteiger partial charge in [-0.15, -0.1) is 0 Å². The van der Waals surface area contributed by atoms with Crippen LogP contribution < -0.4 is 5.32 Å². The number of ketones is 1. The Balaban J connectivity index is 1.91. The molecule has 2 aliphatic rings. The summed E-state index contributed by atoms with van der Waals surface area (Å²) in [6.07, 6.45) is 0.710. The maximum atomic E-state index is 12.0. The molecular formula is C16H13NO2. The third-order valence-corrected chi connectivity index (χ3v) is 3.86. The van der Waals surface area contributed by atoms with Crippen molar-refractivity contribution in [2.45, 2.75) is 6.42 Å². The Hall–Kier alpha value is -2.13. The lowest BCUT2D eigenvalue weighted by atomic mass is 9.90. The number of carbonyl (C=O) groups excluding carboxylic acids is 1. The zero-order valence-electron chi connectivity index (χ0n) is 10.4. The van der Waals surface area contributed by atoms with E-state index in [1.165, 1.54) is 16.3 Å². The SMILES string of the molecule is O=C1COCC2=C1Cc1c(ccc3ccccc13)N2. The average Bonchev–Trinajstić information content (AvgIpc) is 2.46. The van der Waals surface area contributed by atoms with E-state index >= 15 is 0 Å². The number of benzene rings is 2. The van der Waals surface area contributed by atoms with Crippen LogP contribution in [-0.4, -0.2) is 19.0 Å². The zero-order chi connectivity index (χ0) is 12.8. The van der Waals surface area contributed by atoms with Gasteiger partial charge in [-0.2, -0.15) is 0 Å². The molecule has 0 spiro atoms. The molecule has 2 aromatic rings. The van der Waals surface area contributed by atoms with Crippen molar-refractivity contribution in [3.05, 3.63) is 53.2 Å². The molecule has 0 aliphatic carbocycles. The van der Waals surface area contributed by atoms with Crippen molar-refractivity contribution in [3.63, 3.8) is 0 Å². The Morgan fingerprint density at radius 1 is 1.05 bits per heavy atom. The zero-order valence-corrected chi connectivity index (χ0v) is 10.4. The number of Topliss-reactive ketones (excluding diaryl/α,β-unsaturated/α-hetero) is 1. The highest BCUT2D eigenvalue weighted by Crippen LogP contribution is 2.34. The van der Waals surface area contributed by atoms with Crippen LogP contribution in [0.2, 0.25) is 0 Å². The van der Waals surface area contributed by atoms with E-state index in [0.717, 1.165) is 17.0 Å². The van der Waals surface area contributed by atoms with Gasteiger partial charge in [-0.1, -0.05) is 30.3 Å². The van der Waals surface area contributed by atoms with Crippen LogP contribution in [0.4, 0.5) is 5.69 Å². The molecule has 3 heteroatoms. The molecule has 0 fully saturated rings. The van der Waals surface area contributed by atoms with Crippen molar-refractivity contribution in [2.24, 2.45) is 0 Å². The fourth-order valence-electron chi connectivity index (χ4n) is 2.89. The quantitative estimate of drug-likeness (QED) is 0.782. The first-order valence-corrected chi connectivity index (χ1v) is 6.43. The summed E-state index contributed by atoms with van der Waals surface area (Å²) < 4.78 is 5.28. The van der Waals surface area contributed by atoms with Crippen molar-refractivity contribution in [1.29, 1.82) is 0 Å². The molecule has 0 aromatic heterocycles. The standard InChI is InChI=1S/C16H13NO2/c18-16-9-19-8-15-13(16)7-12-11-4-2-1-3-10(11)5-6-14(12)17-15/h1-6,17H,7-9H2. The number of hydrogen-bond acceptors (Lipinski definition) is 3. The van der Waals surface area contributed by atoms with E-state index in [0.29, 0.717) is 13.0 Å². The average molecular weight is 251 g/mol. The molecule has 0 bridgehead atoms. The maximum absolute atomic E-state index is 12.0. The van der Waals surface area contributed by atoms with Crippen molar-refractivity contribution in [3.8, 4) is 0 Å². The number of fused-ring (bicyclic) bond motifs is 3. The van der Waals surface area contributed by atoms with Crippen molar-refractivity contribution in [2.75, 3.05) is 18.5 Å². The van der Waals surface area contributed by atoms with Gasteiger partial charge >= 0.3 is 0 Å². The Morgan fingerprint density at radius 2 is 1.95 bits per heavy atom. The van der Waals surface area contributed by atoms with Gasteiger partial charge < -0.3 is 10.1 Å². The van der Waals surface area contributed by atoms with Crippen LogP contribution in [0.15, 0.2) is 47.7 Å². The predicted octanol–water partition coefficient (Wildman–Crippen LogP) is 2.66. The normalized spacial score (nSPS) is 18.0. The van der Waals surface area contributed by atoms with Gasteiger partial charge in [-0.25, -0.2) is 0 Å². The number of rotatable bonds is 0. The van der Waals surface area contributed by atoms with E-state index < -0.39 is 0 Å². The molecule has 0 atom stereocenters. The summed E-state index contributed by atoms with van der Waals surface area (Å²) in [5, 5.41) is 5.79. The second kappa shape index (κ2) is 3.93. The third kappa shape index (κ3) is 1.59. The highest BCUT2D eigenvalue weighted by atomic mass is 16.5. The Kier molecular flexibility index (Phi) is 2.23. The van der Waals surface area contributed by atoms with Gasteiger partial charge in [-0.05, 0) is 22.4 Å². The summed E-state index contributed by atoms with van der Waals surface area (Å²) in [5.74, 6) is 0.104. The molecule has 94 valence electrons. The van der Waals surface area contributed by atoms with Crippen molar-refractivity contribution in [1.82, 2.24) is 0 Å². The molecule has 1 N–H and O–H groups in total. The summed E-state index contributed by atoms with van der Waals surface area (Å²) in [5.41, 5.74) is 4.12. The number of anilines is 1. The van der Waals surface area contributed by atoms with Gasteiger partial charge in [0.1, 0.15) is 6.61 Å². The Bertz CT molecular complexity index is 731. The minimum Gasteiger partial charge on any atom is -0.367 e. The monoisotopic (exact) mass is 251 g/mol. The van der Waals surface area contributed by atoms with Crippen LogP contribution in [0.3, 0.4) is 0 Å². The van der Waals surface area contributed by atoms with E-state index in [4.69, 9.17) is 4.74 Å². The topological polar surface area (TPSA) is 38.3 Å². The minimum atomic E-state index is 0.104. The number of carbonyl (C=O) groups is 1. The molecule has 0 amide bonds. The van der Waals surface area contributed by atoms with Crippen LogP contribution >= 0.6 is 0 Å². The third-order valence-electron chi connectivity index (χ3n) is 3.86. The molecule has 0 saturated heterocycles. The van der Waals surface area contributed by atoms with Crippen LogP contribution in [-0.2, 0) is 16.0 Å². The summed E-state index contributed by atoms with van der Waals surface area (Å²) >= 11 is 0. The van der Waals surface area contributed by atoms with E-state index in [1.54, 1.807) is 0 Å². The lowest BCUT2D eigenvalue weighted by Gasteiger charge is -2.28. The second-order valence-electron chi connectivity index (χ2n) is 4.99. The highest BCUT2D eigenvalue weighted by Gasteiger charge is 2.27. The van der Waals surface area contributed by atoms with Crippen LogP contribution in [0.25, 0.3) is 10.8 Å². The van der Waals surface area contributed by atoms with Gasteiger partial charge in [0.05, 0.1) is 6.61 Å². The molecule has 2 aromatic carbocycles. The summed E-state index contributed by atoms with van der Waals surface area (Å²) in [6.45, 7) is 0.716. The van der Waals surface area contributed by atoms with Crippen LogP contribution in [0, 0.1) is 0 Å². The van der Waals surface area contributed by atoms with E-state index in [-0.39, 0.29) is 12.4 Å². The van der Waals surface area contributed by atoms with E-state index in [9.17, 15) is 4.79 Å². The van der Waals surface area contributed by atoms with Gasteiger partial charge in [0.15, 0.2) is 5.78 Å². The lowest BCUT2D eigenvalue weighted by Crippen LogP contribution is -2.29. The first kappa shape index (κ1) is 10.8. The number of nitrogens with one attached hydrogen (secondary N) is 1. The van der Waals surface area contributed by atoms with Gasteiger partial charge in [0, 0.05) is 23.4 Å². The van der Waals surface area contributed by atoms with E-state index in [2.05, 4.69) is 29.6 Å². The molecule has 3 nitrogen and oxygen atoms in total. The van der Waals surface area contributed by atoms with Crippen LogP contribution in [0.5, 0.6) is 0 Å². The van der Waals surface area contributed by atoms with Gasteiger partial charge in [0.25, 0.3) is 0 Å². The first-order chi connectivity index (χ1) is 9.33. The summed E-state index contributed by atoms with van der Waals surface area (Å²) in [7, 11) is 0. The molecule has 4 rings (SSSR count). The first-order valence-electron chi connectivity index (χ1n) is 6.43.